The lowest BCUT2D eigenvalue weighted by molar-refractivity contribution is 0.291. The Bertz CT molecular complexity index is 4420. The van der Waals surface area contributed by atoms with Gasteiger partial charge in [-0.05, 0) is 168 Å². The first-order chi connectivity index (χ1) is 40.3. The van der Waals surface area contributed by atoms with E-state index in [0.717, 1.165) is 68.6 Å². The fraction of sp³-hybridized carbons (Fsp3) is 0.275. The molecule has 3 aliphatic rings. The zero-order chi connectivity index (χ0) is 59.4. The molecule has 1 aliphatic carbocycles. The Hall–Kier alpha value is -8.28. The normalized spacial score (nSPS) is 15.1. The van der Waals surface area contributed by atoms with Crippen molar-refractivity contribution in [3.63, 3.8) is 0 Å². The lowest BCUT2D eigenvalue weighted by Crippen LogP contribution is -2.59. The van der Waals surface area contributed by atoms with E-state index in [9.17, 15) is 0 Å². The maximum Gasteiger partial charge on any atom is 0.256 e. The molecule has 5 heteroatoms. The smallest absolute Gasteiger partial charge is 0.256 e. The van der Waals surface area contributed by atoms with E-state index in [0.29, 0.717) is 5.92 Å². The number of benzene rings is 9. The molecule has 0 bridgehead atoms. The van der Waals surface area contributed by atoms with E-state index in [2.05, 4.69) is 312 Å². The van der Waals surface area contributed by atoms with Gasteiger partial charge in [-0.25, -0.2) is 0 Å². The van der Waals surface area contributed by atoms with Crippen LogP contribution >= 0.6 is 0 Å². The highest BCUT2D eigenvalue weighted by molar-refractivity contribution is 6.99. The standard InChI is InChI=1S/C80H80BN3O/c1-76(2,3)51-29-37-66-60(41-51)61-42-52(77(4,5)6)30-38-67(61)82(66)56-33-35-64-70(47-56)84(75-58(49-23-18-16-19-24-49)27-22-28-59(75)50-25-20-17-21-26-50)71-45-55(80(13,14)15)46-73-74(71)81(64)65-36-34-57(48-72(65)85-73)83-68-39-31-53(78(7,8)9)43-62(68)63-44-54(79(10,11)12)32-40-69(63)83/h16-43,45-48,54H,44H2,1-15H3. The summed E-state index contributed by atoms with van der Waals surface area (Å²) in [7, 11) is 0. The molecule has 0 N–H and O–H groups in total. The van der Waals surface area contributed by atoms with E-state index in [-0.39, 0.29) is 33.8 Å². The van der Waals surface area contributed by atoms with Gasteiger partial charge < -0.3 is 18.8 Å². The molecule has 11 aromatic rings. The zero-order valence-electron chi connectivity index (χ0n) is 52.6. The molecule has 0 amide bonds. The van der Waals surface area contributed by atoms with Gasteiger partial charge in [-0.3, -0.25) is 0 Å². The van der Waals surface area contributed by atoms with Gasteiger partial charge in [-0.2, -0.15) is 0 Å². The van der Waals surface area contributed by atoms with E-state index < -0.39 is 0 Å². The minimum Gasteiger partial charge on any atom is -0.458 e. The largest absolute Gasteiger partial charge is 0.458 e. The number of fused-ring (bicyclic) bond motifs is 10. The number of hydrogen-bond donors (Lipinski definition) is 0. The molecule has 0 spiro atoms. The zero-order valence-corrected chi connectivity index (χ0v) is 52.6. The van der Waals surface area contributed by atoms with E-state index >= 15 is 0 Å². The van der Waals surface area contributed by atoms with Crippen LogP contribution in [-0.4, -0.2) is 15.8 Å². The van der Waals surface area contributed by atoms with Crippen molar-refractivity contribution in [1.82, 2.24) is 9.13 Å². The summed E-state index contributed by atoms with van der Waals surface area (Å²) < 4.78 is 12.6. The van der Waals surface area contributed by atoms with Crippen molar-refractivity contribution in [2.75, 3.05) is 4.90 Å². The molecule has 2 aromatic heterocycles. The second-order valence-electron chi connectivity index (χ2n) is 29.9. The maximum atomic E-state index is 7.59. The van der Waals surface area contributed by atoms with E-state index in [4.69, 9.17) is 4.74 Å². The molecule has 0 radical (unpaired) electrons. The number of anilines is 3. The van der Waals surface area contributed by atoms with E-state index in [1.807, 2.05) is 0 Å². The van der Waals surface area contributed by atoms with E-state index in [1.165, 1.54) is 82.6 Å². The molecule has 424 valence electrons. The third kappa shape index (κ3) is 9.01. The Morgan fingerprint density at radius 1 is 0.424 bits per heavy atom. The summed E-state index contributed by atoms with van der Waals surface area (Å²) >= 11 is 0. The SMILES string of the molecule is CC(C)(C)c1cc2c3c(c1)N(c1c(-c4ccccc4)cccc1-c1ccccc1)c1cc(-n4c5ccc(C(C)(C)C)cc5c5cc(C(C)(C)C)ccc54)ccc1B3c1ccc(-n3c4c(c5cc(C(C)(C)C)ccc53)CC(C(C)(C)C)C=C4)cc1O2. The molecule has 9 aromatic carbocycles. The summed E-state index contributed by atoms with van der Waals surface area (Å²) in [5.41, 5.74) is 25.4. The van der Waals surface area contributed by atoms with Gasteiger partial charge in [0.15, 0.2) is 0 Å². The van der Waals surface area contributed by atoms with Crippen LogP contribution in [-0.2, 0) is 28.1 Å². The number of aromatic nitrogens is 2. The summed E-state index contributed by atoms with van der Waals surface area (Å²) in [6.45, 7) is 34.9. The molecule has 1 unspecified atom stereocenters. The van der Waals surface area contributed by atoms with Crippen LogP contribution in [0.1, 0.15) is 137 Å². The van der Waals surface area contributed by atoms with E-state index in [1.54, 1.807) is 0 Å². The number of nitrogens with zero attached hydrogens (tertiary/aromatic N) is 3. The molecule has 2 aliphatic heterocycles. The average molecular weight is 1110 g/mol. The summed E-state index contributed by atoms with van der Waals surface area (Å²) in [6.07, 6.45) is 5.88. The Balaban J connectivity index is 1.06. The Labute approximate surface area is 504 Å². The topological polar surface area (TPSA) is 22.3 Å². The summed E-state index contributed by atoms with van der Waals surface area (Å²) in [4.78, 5) is 2.63. The summed E-state index contributed by atoms with van der Waals surface area (Å²) in [5.74, 6) is 2.23. The minimum absolute atomic E-state index is 0.0178. The fourth-order valence-electron chi connectivity index (χ4n) is 14.0. The average Bonchev–Trinajstić information content (AvgIpc) is 0.924. The lowest BCUT2D eigenvalue weighted by Gasteiger charge is -2.42. The number of hydrogen-bond acceptors (Lipinski definition) is 2. The van der Waals surface area contributed by atoms with Crippen molar-refractivity contribution >= 4 is 78.9 Å². The molecule has 0 saturated carbocycles. The van der Waals surface area contributed by atoms with Gasteiger partial charge in [0.25, 0.3) is 6.71 Å². The monoisotopic (exact) mass is 1110 g/mol. The number of allylic oxidation sites excluding steroid dienone is 1. The predicted molar refractivity (Wildman–Crippen MR) is 365 cm³/mol. The fourth-order valence-corrected chi connectivity index (χ4v) is 14.0. The highest BCUT2D eigenvalue weighted by Gasteiger charge is 2.44. The Morgan fingerprint density at radius 2 is 0.929 bits per heavy atom. The van der Waals surface area contributed by atoms with Crippen LogP contribution in [0.3, 0.4) is 0 Å². The third-order valence-corrected chi connectivity index (χ3v) is 19.1. The van der Waals surface area contributed by atoms with Crippen LogP contribution in [0.4, 0.5) is 17.1 Å². The van der Waals surface area contributed by atoms with Gasteiger partial charge in [0, 0.05) is 61.8 Å². The molecule has 14 rings (SSSR count). The molecular weight excluding hydrogens is 1030 g/mol. The second-order valence-corrected chi connectivity index (χ2v) is 29.9. The van der Waals surface area contributed by atoms with Crippen LogP contribution in [0.2, 0.25) is 0 Å². The molecule has 4 heterocycles. The molecule has 0 saturated heterocycles. The van der Waals surface area contributed by atoms with Gasteiger partial charge >= 0.3 is 0 Å². The van der Waals surface area contributed by atoms with Crippen molar-refractivity contribution in [3.05, 3.63) is 222 Å². The molecular formula is C80H80BN3O. The van der Waals surface area contributed by atoms with Crippen molar-refractivity contribution in [3.8, 4) is 45.1 Å². The predicted octanol–water partition coefficient (Wildman–Crippen LogP) is 19.9. The minimum atomic E-state index is -0.214. The Morgan fingerprint density at radius 3 is 1.46 bits per heavy atom. The number of ether oxygens (including phenoxy) is 1. The van der Waals surface area contributed by atoms with Gasteiger partial charge in [0.1, 0.15) is 11.5 Å². The van der Waals surface area contributed by atoms with Gasteiger partial charge in [-0.15, -0.1) is 0 Å². The van der Waals surface area contributed by atoms with Crippen LogP contribution in [0.5, 0.6) is 11.5 Å². The first kappa shape index (κ1) is 54.6. The van der Waals surface area contributed by atoms with Gasteiger partial charge in [0.2, 0.25) is 0 Å². The molecule has 4 nitrogen and oxygen atoms in total. The first-order valence-electron chi connectivity index (χ1n) is 31.0. The quantitative estimate of drug-likeness (QED) is 0.160. The van der Waals surface area contributed by atoms with Gasteiger partial charge in [0.05, 0.1) is 22.2 Å². The molecule has 1 atom stereocenters. The highest BCUT2D eigenvalue weighted by atomic mass is 16.5. The Kier molecular flexibility index (Phi) is 12.3. The second kappa shape index (κ2) is 19.1. The van der Waals surface area contributed by atoms with Crippen molar-refractivity contribution in [1.29, 1.82) is 0 Å². The third-order valence-electron chi connectivity index (χ3n) is 19.1. The molecule has 0 fully saturated rings. The number of rotatable bonds is 5. The first-order valence-corrected chi connectivity index (χ1v) is 31.0. The number of para-hydroxylation sites is 1. The van der Waals surface area contributed by atoms with Crippen LogP contribution in [0.25, 0.3) is 72.4 Å². The van der Waals surface area contributed by atoms with Crippen molar-refractivity contribution in [2.45, 2.75) is 132 Å². The van der Waals surface area contributed by atoms with Crippen LogP contribution < -0.4 is 26.0 Å². The molecule has 85 heavy (non-hydrogen) atoms. The van der Waals surface area contributed by atoms with Gasteiger partial charge in [-0.1, -0.05) is 219 Å². The summed E-state index contributed by atoms with van der Waals surface area (Å²) in [6, 6.07) is 69.7. The highest BCUT2D eigenvalue weighted by Crippen LogP contribution is 2.51. The van der Waals surface area contributed by atoms with Crippen LogP contribution in [0, 0.1) is 11.3 Å². The summed E-state index contributed by atoms with van der Waals surface area (Å²) in [5, 5.41) is 3.90. The lowest BCUT2D eigenvalue weighted by atomic mass is 9.34. The van der Waals surface area contributed by atoms with Crippen molar-refractivity contribution < 1.29 is 4.74 Å². The van der Waals surface area contributed by atoms with Crippen LogP contribution in [0.15, 0.2) is 188 Å². The maximum absolute atomic E-state index is 7.59. The van der Waals surface area contributed by atoms with Crippen molar-refractivity contribution in [2.24, 2.45) is 11.3 Å².